The molecule has 4 aromatic rings. The first-order valence-corrected chi connectivity index (χ1v) is 9.68. The average molecular weight is 397 g/mol. The van der Waals surface area contributed by atoms with E-state index in [0.29, 0.717) is 16.6 Å². The molecule has 0 amide bonds. The van der Waals surface area contributed by atoms with Gasteiger partial charge in [-0.25, -0.2) is 9.97 Å². The molecule has 0 aliphatic rings. The zero-order valence-electron chi connectivity index (χ0n) is 14.9. The number of hydrogen-bond donors (Lipinski definition) is 1. The quantitative estimate of drug-likeness (QED) is 0.467. The van der Waals surface area contributed by atoms with Gasteiger partial charge in [-0.2, -0.15) is 0 Å². The summed E-state index contributed by atoms with van der Waals surface area (Å²) >= 11 is 7.85. The second kappa shape index (κ2) is 7.50. The molecule has 7 heteroatoms. The van der Waals surface area contributed by atoms with Crippen LogP contribution in [0.25, 0.3) is 21.6 Å². The minimum atomic E-state index is 0.621. The molecule has 0 saturated heterocycles. The molecule has 0 aliphatic heterocycles. The third kappa shape index (κ3) is 3.59. The lowest BCUT2D eigenvalue weighted by Crippen LogP contribution is -2.00. The van der Waals surface area contributed by atoms with Crippen molar-refractivity contribution in [3.63, 3.8) is 0 Å². The topological polar surface area (TPSA) is 59.9 Å². The fraction of sp³-hybridized carbons (Fsp3) is 0.150. The van der Waals surface area contributed by atoms with E-state index >= 15 is 0 Å². The summed E-state index contributed by atoms with van der Waals surface area (Å²) in [7, 11) is 1.63. The Balaban J connectivity index is 1.88. The van der Waals surface area contributed by atoms with Crippen molar-refractivity contribution in [2.24, 2.45) is 0 Å². The van der Waals surface area contributed by atoms with Gasteiger partial charge in [0.25, 0.3) is 0 Å². The molecule has 1 aromatic carbocycles. The van der Waals surface area contributed by atoms with Crippen molar-refractivity contribution in [2.45, 2.75) is 13.3 Å². The number of benzene rings is 1. The van der Waals surface area contributed by atoms with Gasteiger partial charge in [-0.3, -0.25) is 4.98 Å². The molecule has 1 N–H and O–H groups in total. The van der Waals surface area contributed by atoms with Crippen LogP contribution in [0.4, 0.5) is 11.5 Å². The number of ether oxygens (including phenoxy) is 1. The summed E-state index contributed by atoms with van der Waals surface area (Å²) in [6.45, 7) is 2.13. The van der Waals surface area contributed by atoms with Crippen molar-refractivity contribution in [3.05, 3.63) is 58.7 Å². The SMILES string of the molecule is CCc1cc2c(Nc3cc(Cl)ccc3OC)nc(-c3cccnc3)nc2s1. The number of aryl methyl sites for hydroxylation is 1. The van der Waals surface area contributed by atoms with Gasteiger partial charge in [0.15, 0.2) is 5.82 Å². The molecule has 4 rings (SSSR count). The van der Waals surface area contributed by atoms with E-state index in [-0.39, 0.29) is 0 Å². The molecular weight excluding hydrogens is 380 g/mol. The number of halogens is 1. The summed E-state index contributed by atoms with van der Waals surface area (Å²) in [6.07, 6.45) is 4.45. The monoisotopic (exact) mass is 396 g/mol. The van der Waals surface area contributed by atoms with Gasteiger partial charge in [-0.15, -0.1) is 11.3 Å². The smallest absolute Gasteiger partial charge is 0.164 e. The van der Waals surface area contributed by atoms with Gasteiger partial charge in [0, 0.05) is 27.9 Å². The Morgan fingerprint density at radius 2 is 2.07 bits per heavy atom. The number of fused-ring (bicyclic) bond motifs is 1. The summed E-state index contributed by atoms with van der Waals surface area (Å²) in [6, 6.07) is 11.4. The molecular formula is C20H17ClN4OS. The summed E-state index contributed by atoms with van der Waals surface area (Å²) < 4.78 is 5.45. The lowest BCUT2D eigenvalue weighted by molar-refractivity contribution is 0.417. The molecule has 136 valence electrons. The lowest BCUT2D eigenvalue weighted by atomic mass is 10.2. The largest absolute Gasteiger partial charge is 0.495 e. The molecule has 0 fully saturated rings. The second-order valence-electron chi connectivity index (χ2n) is 5.89. The maximum absolute atomic E-state index is 6.18. The number of methoxy groups -OCH3 is 1. The third-order valence-electron chi connectivity index (χ3n) is 4.13. The van der Waals surface area contributed by atoms with Crippen LogP contribution in [0.3, 0.4) is 0 Å². The number of anilines is 2. The molecule has 5 nitrogen and oxygen atoms in total. The summed E-state index contributed by atoms with van der Waals surface area (Å²) in [5, 5.41) is 4.98. The number of rotatable bonds is 5. The fourth-order valence-electron chi connectivity index (χ4n) is 2.77. The fourth-order valence-corrected chi connectivity index (χ4v) is 3.91. The zero-order valence-corrected chi connectivity index (χ0v) is 16.4. The molecule has 3 aromatic heterocycles. The van der Waals surface area contributed by atoms with Crippen LogP contribution in [-0.2, 0) is 6.42 Å². The van der Waals surface area contributed by atoms with Crippen LogP contribution in [-0.4, -0.2) is 22.1 Å². The van der Waals surface area contributed by atoms with E-state index in [9.17, 15) is 0 Å². The highest BCUT2D eigenvalue weighted by Crippen LogP contribution is 2.36. The highest BCUT2D eigenvalue weighted by atomic mass is 35.5. The van der Waals surface area contributed by atoms with Gasteiger partial charge in [-0.1, -0.05) is 18.5 Å². The predicted octanol–water partition coefficient (Wildman–Crippen LogP) is 5.72. The van der Waals surface area contributed by atoms with E-state index in [4.69, 9.17) is 26.3 Å². The summed E-state index contributed by atoms with van der Waals surface area (Å²) in [4.78, 5) is 15.9. The zero-order chi connectivity index (χ0) is 18.8. The molecule has 0 unspecified atom stereocenters. The van der Waals surface area contributed by atoms with Crippen molar-refractivity contribution in [3.8, 4) is 17.1 Å². The van der Waals surface area contributed by atoms with Crippen molar-refractivity contribution in [1.82, 2.24) is 15.0 Å². The van der Waals surface area contributed by atoms with E-state index < -0.39 is 0 Å². The number of nitrogens with one attached hydrogen (secondary N) is 1. The second-order valence-corrected chi connectivity index (χ2v) is 7.44. The van der Waals surface area contributed by atoms with Crippen LogP contribution in [0, 0.1) is 0 Å². The third-order valence-corrected chi connectivity index (χ3v) is 5.53. The number of hydrogen-bond acceptors (Lipinski definition) is 6. The van der Waals surface area contributed by atoms with Crippen molar-refractivity contribution < 1.29 is 4.74 Å². The van der Waals surface area contributed by atoms with Crippen molar-refractivity contribution in [2.75, 3.05) is 12.4 Å². The maximum atomic E-state index is 6.18. The highest BCUT2D eigenvalue weighted by Gasteiger charge is 2.15. The normalized spacial score (nSPS) is 10.9. The van der Waals surface area contributed by atoms with Crippen LogP contribution >= 0.6 is 22.9 Å². The predicted molar refractivity (Wildman–Crippen MR) is 111 cm³/mol. The minimum absolute atomic E-state index is 0.621. The van der Waals surface area contributed by atoms with E-state index in [1.165, 1.54) is 4.88 Å². The van der Waals surface area contributed by atoms with E-state index in [0.717, 1.165) is 33.7 Å². The van der Waals surface area contributed by atoms with E-state index in [1.807, 2.05) is 24.3 Å². The number of pyridine rings is 1. The van der Waals surface area contributed by atoms with E-state index in [1.54, 1.807) is 36.9 Å². The molecule has 0 radical (unpaired) electrons. The first kappa shape index (κ1) is 17.7. The van der Waals surface area contributed by atoms with Crippen LogP contribution in [0.5, 0.6) is 5.75 Å². The Morgan fingerprint density at radius 1 is 1.19 bits per heavy atom. The Labute approximate surface area is 166 Å². The summed E-state index contributed by atoms with van der Waals surface area (Å²) in [5.41, 5.74) is 1.62. The maximum Gasteiger partial charge on any atom is 0.164 e. The average Bonchev–Trinajstić information content (AvgIpc) is 3.12. The van der Waals surface area contributed by atoms with Crippen LogP contribution in [0.15, 0.2) is 48.8 Å². The summed E-state index contributed by atoms with van der Waals surface area (Å²) in [5.74, 6) is 2.04. The van der Waals surface area contributed by atoms with Gasteiger partial charge in [0.05, 0.1) is 18.2 Å². The van der Waals surface area contributed by atoms with Crippen LogP contribution < -0.4 is 10.1 Å². The minimum Gasteiger partial charge on any atom is -0.495 e. The first-order chi connectivity index (χ1) is 13.2. The first-order valence-electron chi connectivity index (χ1n) is 8.49. The molecule has 0 bridgehead atoms. The van der Waals surface area contributed by atoms with Gasteiger partial charge < -0.3 is 10.1 Å². The number of aromatic nitrogens is 3. The molecule has 0 aliphatic carbocycles. The molecule has 0 saturated carbocycles. The van der Waals surface area contributed by atoms with Gasteiger partial charge in [-0.05, 0) is 42.8 Å². The van der Waals surface area contributed by atoms with Crippen molar-refractivity contribution >= 4 is 44.7 Å². The number of thiophene rings is 1. The Kier molecular flexibility index (Phi) is 4.92. The highest BCUT2D eigenvalue weighted by molar-refractivity contribution is 7.18. The van der Waals surface area contributed by atoms with Gasteiger partial charge >= 0.3 is 0 Å². The van der Waals surface area contributed by atoms with Gasteiger partial charge in [0.1, 0.15) is 16.4 Å². The van der Waals surface area contributed by atoms with E-state index in [2.05, 4.69) is 23.3 Å². The molecule has 3 heterocycles. The Bertz CT molecular complexity index is 1100. The molecule has 0 atom stereocenters. The van der Waals surface area contributed by atoms with Crippen molar-refractivity contribution in [1.29, 1.82) is 0 Å². The van der Waals surface area contributed by atoms with Gasteiger partial charge in [0.2, 0.25) is 0 Å². The number of nitrogens with zero attached hydrogens (tertiary/aromatic N) is 3. The molecule has 27 heavy (non-hydrogen) atoms. The Morgan fingerprint density at radius 3 is 2.81 bits per heavy atom. The lowest BCUT2D eigenvalue weighted by Gasteiger charge is -2.12. The van der Waals surface area contributed by atoms with Crippen LogP contribution in [0.1, 0.15) is 11.8 Å². The standard InChI is InChI=1S/C20H17ClN4OS/c1-3-14-10-15-19(23-16-9-13(21)6-7-17(16)26-2)24-18(25-20(15)27-14)12-5-4-8-22-11-12/h4-11H,3H2,1-2H3,(H,23,24,25). The Hall–Kier alpha value is -2.70. The molecule has 0 spiro atoms. The van der Waals surface area contributed by atoms with Crippen LogP contribution in [0.2, 0.25) is 5.02 Å².